The van der Waals surface area contributed by atoms with Gasteiger partial charge in [-0.2, -0.15) is 0 Å². The van der Waals surface area contributed by atoms with Crippen molar-refractivity contribution in [1.29, 1.82) is 0 Å². The highest BCUT2D eigenvalue weighted by atomic mass is 15.2. The van der Waals surface area contributed by atoms with Crippen LogP contribution in [0.25, 0.3) is 0 Å². The minimum atomic E-state index is 0.536. The predicted octanol–water partition coefficient (Wildman–Crippen LogP) is 3.42. The summed E-state index contributed by atoms with van der Waals surface area (Å²) in [5.74, 6) is 0.981. The van der Waals surface area contributed by atoms with Crippen molar-refractivity contribution < 1.29 is 0 Å². The molecule has 1 N–H and O–H groups in total. The largest absolute Gasteiger partial charge is 0.310 e. The van der Waals surface area contributed by atoms with Gasteiger partial charge in [0.2, 0.25) is 0 Å². The zero-order valence-electron chi connectivity index (χ0n) is 13.6. The molecule has 1 heterocycles. The third kappa shape index (κ3) is 2.06. The number of likely N-dealkylation sites (tertiary alicyclic amines) is 1. The fourth-order valence-electron chi connectivity index (χ4n) is 6.15. The van der Waals surface area contributed by atoms with Gasteiger partial charge in [0.05, 0.1) is 0 Å². The smallest absolute Gasteiger partial charge is 0.0204 e. The summed E-state index contributed by atoms with van der Waals surface area (Å²) >= 11 is 0. The second-order valence-electron chi connectivity index (χ2n) is 9.09. The molecule has 0 aromatic carbocycles. The molecular formula is C18H32N2. The molecule has 0 radical (unpaired) electrons. The lowest BCUT2D eigenvalue weighted by atomic mass is 9.67. The molecular weight excluding hydrogens is 244 g/mol. The number of piperidine rings is 1. The maximum absolute atomic E-state index is 3.89. The van der Waals surface area contributed by atoms with Gasteiger partial charge in [-0.25, -0.2) is 0 Å². The average Bonchev–Trinajstić information content (AvgIpc) is 3.05. The van der Waals surface area contributed by atoms with E-state index in [4.69, 9.17) is 0 Å². The topological polar surface area (TPSA) is 15.3 Å². The van der Waals surface area contributed by atoms with Gasteiger partial charge in [0.25, 0.3) is 0 Å². The average molecular weight is 276 g/mol. The van der Waals surface area contributed by atoms with Gasteiger partial charge in [0.1, 0.15) is 0 Å². The molecule has 3 aliphatic carbocycles. The molecule has 4 unspecified atom stereocenters. The molecule has 4 fully saturated rings. The molecule has 1 aliphatic heterocycles. The second-order valence-corrected chi connectivity index (χ2v) is 9.09. The molecule has 3 saturated carbocycles. The van der Waals surface area contributed by atoms with E-state index in [1.54, 1.807) is 0 Å². The van der Waals surface area contributed by atoms with Crippen molar-refractivity contribution in [1.82, 2.24) is 10.2 Å². The molecule has 0 amide bonds. The Hall–Kier alpha value is -0.0800. The molecule has 0 spiro atoms. The quantitative estimate of drug-likeness (QED) is 0.850. The van der Waals surface area contributed by atoms with Crippen molar-refractivity contribution in [3.63, 3.8) is 0 Å². The maximum atomic E-state index is 3.89. The number of fused-ring (bicyclic) bond motifs is 2. The molecule has 4 rings (SSSR count). The third-order valence-corrected chi connectivity index (χ3v) is 7.06. The van der Waals surface area contributed by atoms with E-state index in [9.17, 15) is 0 Å². The minimum Gasteiger partial charge on any atom is -0.310 e. The molecule has 2 bridgehead atoms. The first-order chi connectivity index (χ1) is 9.49. The first kappa shape index (κ1) is 13.6. The monoisotopic (exact) mass is 276 g/mol. The molecule has 2 heteroatoms. The number of hydrogen-bond donors (Lipinski definition) is 1. The lowest BCUT2D eigenvalue weighted by Crippen LogP contribution is -2.58. The predicted molar refractivity (Wildman–Crippen MR) is 83.8 cm³/mol. The Balaban J connectivity index is 1.50. The summed E-state index contributed by atoms with van der Waals surface area (Å²) in [5, 5.41) is 3.89. The van der Waals surface area contributed by atoms with Gasteiger partial charge in [-0.15, -0.1) is 0 Å². The zero-order valence-corrected chi connectivity index (χ0v) is 13.6. The Morgan fingerprint density at radius 1 is 1.00 bits per heavy atom. The molecule has 114 valence electrons. The number of rotatable bonds is 3. The number of hydrogen-bond acceptors (Lipinski definition) is 2. The Morgan fingerprint density at radius 2 is 1.80 bits per heavy atom. The van der Waals surface area contributed by atoms with Crippen LogP contribution in [0, 0.1) is 16.7 Å². The second kappa shape index (κ2) is 4.46. The third-order valence-electron chi connectivity index (χ3n) is 7.06. The molecule has 4 aliphatic rings. The van der Waals surface area contributed by atoms with Crippen LogP contribution in [0.1, 0.15) is 65.7 Å². The van der Waals surface area contributed by atoms with Crippen LogP contribution in [-0.4, -0.2) is 36.1 Å². The van der Waals surface area contributed by atoms with E-state index in [1.807, 2.05) is 0 Å². The van der Waals surface area contributed by atoms with Gasteiger partial charge in [0, 0.05) is 24.7 Å². The van der Waals surface area contributed by atoms with E-state index in [0.717, 1.165) is 24.0 Å². The standard InChI is InChI=1S/C18H32N2/c1-17(2)13-8-9-18(3,11-13)16(17)20-10-4-5-15(12-20)19-14-6-7-14/h13-16,19H,4-12H2,1-3H3. The van der Waals surface area contributed by atoms with Crippen LogP contribution in [-0.2, 0) is 0 Å². The summed E-state index contributed by atoms with van der Waals surface area (Å²) in [6, 6.07) is 2.47. The lowest BCUT2D eigenvalue weighted by molar-refractivity contribution is -0.0134. The molecule has 4 atom stereocenters. The van der Waals surface area contributed by atoms with E-state index in [0.29, 0.717) is 10.8 Å². The van der Waals surface area contributed by atoms with Crippen LogP contribution >= 0.6 is 0 Å². The van der Waals surface area contributed by atoms with Crippen LogP contribution in [0.5, 0.6) is 0 Å². The fourth-order valence-corrected chi connectivity index (χ4v) is 6.15. The molecule has 0 aromatic heterocycles. The summed E-state index contributed by atoms with van der Waals surface area (Å²) in [6.07, 6.45) is 10.1. The highest BCUT2D eigenvalue weighted by Crippen LogP contribution is 2.64. The van der Waals surface area contributed by atoms with Gasteiger partial charge in [-0.3, -0.25) is 4.90 Å². The van der Waals surface area contributed by atoms with E-state index in [-0.39, 0.29) is 0 Å². The Morgan fingerprint density at radius 3 is 2.45 bits per heavy atom. The SMILES string of the molecule is CC12CCC(C1)C(C)(C)C2N1CCCC(NC2CC2)C1. The first-order valence-corrected chi connectivity index (χ1v) is 8.99. The van der Waals surface area contributed by atoms with Crippen molar-refractivity contribution in [3.05, 3.63) is 0 Å². The highest BCUT2D eigenvalue weighted by Gasteiger charge is 2.61. The van der Waals surface area contributed by atoms with Crippen LogP contribution < -0.4 is 5.32 Å². The Kier molecular flexibility index (Phi) is 3.03. The first-order valence-electron chi connectivity index (χ1n) is 8.99. The van der Waals surface area contributed by atoms with Crippen molar-refractivity contribution in [2.75, 3.05) is 13.1 Å². The number of nitrogens with zero attached hydrogens (tertiary/aromatic N) is 1. The molecule has 20 heavy (non-hydrogen) atoms. The molecule has 0 aromatic rings. The highest BCUT2D eigenvalue weighted by molar-refractivity contribution is 5.13. The van der Waals surface area contributed by atoms with Gasteiger partial charge in [-0.1, -0.05) is 20.8 Å². The van der Waals surface area contributed by atoms with Crippen LogP contribution in [0.2, 0.25) is 0 Å². The van der Waals surface area contributed by atoms with E-state index < -0.39 is 0 Å². The normalized spacial score (nSPS) is 47.9. The minimum absolute atomic E-state index is 0.536. The van der Waals surface area contributed by atoms with Crippen molar-refractivity contribution in [3.8, 4) is 0 Å². The fraction of sp³-hybridized carbons (Fsp3) is 1.00. The lowest BCUT2D eigenvalue weighted by Gasteiger charge is -2.51. The van der Waals surface area contributed by atoms with E-state index in [2.05, 4.69) is 31.0 Å². The molecule has 2 nitrogen and oxygen atoms in total. The van der Waals surface area contributed by atoms with Crippen LogP contribution in [0.3, 0.4) is 0 Å². The zero-order chi connectivity index (χ0) is 14.0. The van der Waals surface area contributed by atoms with Gasteiger partial charge in [0.15, 0.2) is 0 Å². The van der Waals surface area contributed by atoms with E-state index >= 15 is 0 Å². The van der Waals surface area contributed by atoms with E-state index in [1.165, 1.54) is 58.0 Å². The van der Waals surface area contributed by atoms with Gasteiger partial charge < -0.3 is 5.32 Å². The molecule has 1 saturated heterocycles. The van der Waals surface area contributed by atoms with Gasteiger partial charge >= 0.3 is 0 Å². The number of nitrogens with one attached hydrogen (secondary N) is 1. The summed E-state index contributed by atoms with van der Waals surface area (Å²) in [7, 11) is 0. The maximum Gasteiger partial charge on any atom is 0.0204 e. The van der Waals surface area contributed by atoms with Crippen molar-refractivity contribution in [2.45, 2.75) is 83.8 Å². The van der Waals surface area contributed by atoms with Gasteiger partial charge in [-0.05, 0) is 68.2 Å². The summed E-state index contributed by atoms with van der Waals surface area (Å²) in [5.41, 5.74) is 1.14. The Labute approximate surface area is 124 Å². The van der Waals surface area contributed by atoms with Crippen LogP contribution in [0.15, 0.2) is 0 Å². The van der Waals surface area contributed by atoms with Crippen molar-refractivity contribution >= 4 is 0 Å². The summed E-state index contributed by atoms with van der Waals surface area (Å²) in [6.45, 7) is 10.4. The Bertz CT molecular complexity index is 382. The van der Waals surface area contributed by atoms with Crippen LogP contribution in [0.4, 0.5) is 0 Å². The summed E-state index contributed by atoms with van der Waals surface area (Å²) in [4.78, 5) is 2.89. The summed E-state index contributed by atoms with van der Waals surface area (Å²) < 4.78 is 0. The van der Waals surface area contributed by atoms with Crippen molar-refractivity contribution in [2.24, 2.45) is 16.7 Å².